The van der Waals surface area contributed by atoms with Crippen molar-refractivity contribution in [2.24, 2.45) is 0 Å². The standard InChI is InChI=1S/C17H12ClN3O2S2/c18-11-1-3-13(4-2-11)23-8-15-20-12(9-25-15)7-21-10-19-16-14(17(21)22)5-6-24-16/h1-6,9-10H,7-8H2. The summed E-state index contributed by atoms with van der Waals surface area (Å²) in [6.07, 6.45) is 1.57. The summed E-state index contributed by atoms with van der Waals surface area (Å²) in [5.74, 6) is 0.740. The number of nitrogens with zero attached hydrogens (tertiary/aromatic N) is 3. The highest BCUT2D eigenvalue weighted by molar-refractivity contribution is 7.16. The number of thiophene rings is 1. The molecular weight excluding hydrogens is 378 g/mol. The summed E-state index contributed by atoms with van der Waals surface area (Å²) in [7, 11) is 0. The van der Waals surface area contributed by atoms with Crippen molar-refractivity contribution in [2.75, 3.05) is 0 Å². The minimum Gasteiger partial charge on any atom is -0.486 e. The number of thiazole rings is 1. The van der Waals surface area contributed by atoms with Crippen molar-refractivity contribution in [1.82, 2.24) is 14.5 Å². The highest BCUT2D eigenvalue weighted by Gasteiger charge is 2.08. The van der Waals surface area contributed by atoms with Crippen LogP contribution < -0.4 is 10.3 Å². The van der Waals surface area contributed by atoms with Crippen molar-refractivity contribution >= 4 is 44.5 Å². The maximum absolute atomic E-state index is 12.4. The molecule has 0 saturated carbocycles. The molecule has 8 heteroatoms. The predicted molar refractivity (Wildman–Crippen MR) is 101 cm³/mol. The fourth-order valence-corrected chi connectivity index (χ4v) is 3.89. The van der Waals surface area contributed by atoms with Gasteiger partial charge in [-0.05, 0) is 35.7 Å². The molecular formula is C17H12ClN3O2S2. The number of halogens is 1. The lowest BCUT2D eigenvalue weighted by molar-refractivity contribution is 0.305. The van der Waals surface area contributed by atoms with Crippen LogP contribution in [0, 0.1) is 0 Å². The molecule has 4 rings (SSSR count). The molecule has 0 N–H and O–H groups in total. The lowest BCUT2D eigenvalue weighted by Crippen LogP contribution is -2.20. The largest absolute Gasteiger partial charge is 0.486 e. The van der Waals surface area contributed by atoms with E-state index in [9.17, 15) is 4.79 Å². The van der Waals surface area contributed by atoms with Crippen molar-refractivity contribution in [1.29, 1.82) is 0 Å². The first-order valence-corrected chi connectivity index (χ1v) is 9.57. The molecule has 0 aliphatic heterocycles. The Morgan fingerprint density at radius 3 is 2.84 bits per heavy atom. The van der Waals surface area contributed by atoms with E-state index in [0.29, 0.717) is 23.6 Å². The summed E-state index contributed by atoms with van der Waals surface area (Å²) in [4.78, 5) is 22.0. The third-order valence-corrected chi connectivity index (χ3v) is 5.50. The number of aromatic nitrogens is 3. The molecule has 25 heavy (non-hydrogen) atoms. The molecule has 3 aromatic heterocycles. The maximum Gasteiger partial charge on any atom is 0.262 e. The van der Waals surface area contributed by atoms with Crippen LogP contribution in [0.5, 0.6) is 5.75 Å². The summed E-state index contributed by atoms with van der Waals surface area (Å²) in [5, 5.41) is 5.98. The smallest absolute Gasteiger partial charge is 0.262 e. The molecule has 126 valence electrons. The summed E-state index contributed by atoms with van der Waals surface area (Å²) in [6.45, 7) is 0.776. The number of ether oxygens (including phenoxy) is 1. The van der Waals surface area contributed by atoms with Gasteiger partial charge in [-0.15, -0.1) is 22.7 Å². The average Bonchev–Trinajstić information content (AvgIpc) is 3.26. The van der Waals surface area contributed by atoms with Gasteiger partial charge >= 0.3 is 0 Å². The van der Waals surface area contributed by atoms with E-state index in [0.717, 1.165) is 21.3 Å². The van der Waals surface area contributed by atoms with Gasteiger partial charge in [0.15, 0.2) is 0 Å². The Hall–Kier alpha value is -2.22. The first kappa shape index (κ1) is 16.3. The lowest BCUT2D eigenvalue weighted by Gasteiger charge is -2.04. The van der Waals surface area contributed by atoms with E-state index < -0.39 is 0 Å². The molecule has 0 aliphatic carbocycles. The van der Waals surface area contributed by atoms with Crippen LogP contribution in [0.1, 0.15) is 10.7 Å². The third kappa shape index (κ3) is 3.58. The summed E-state index contributed by atoms with van der Waals surface area (Å²) < 4.78 is 7.27. The average molecular weight is 390 g/mol. The number of hydrogen-bond donors (Lipinski definition) is 0. The van der Waals surface area contributed by atoms with E-state index >= 15 is 0 Å². The van der Waals surface area contributed by atoms with Crippen LogP contribution in [0.3, 0.4) is 0 Å². The number of benzene rings is 1. The maximum atomic E-state index is 12.4. The molecule has 0 fully saturated rings. The van der Waals surface area contributed by atoms with Gasteiger partial charge in [0.05, 0.1) is 24.0 Å². The summed E-state index contributed by atoms with van der Waals surface area (Å²) in [6, 6.07) is 9.00. The van der Waals surface area contributed by atoms with E-state index in [1.54, 1.807) is 29.1 Å². The molecule has 0 aliphatic rings. The molecule has 5 nitrogen and oxygen atoms in total. The Morgan fingerprint density at radius 2 is 2.00 bits per heavy atom. The highest BCUT2D eigenvalue weighted by Crippen LogP contribution is 2.19. The summed E-state index contributed by atoms with van der Waals surface area (Å²) in [5.41, 5.74) is 0.774. The Kier molecular flexibility index (Phi) is 4.52. The van der Waals surface area contributed by atoms with Gasteiger partial charge in [0.2, 0.25) is 0 Å². The Bertz CT molecular complexity index is 1070. The van der Waals surface area contributed by atoms with Gasteiger partial charge in [0.1, 0.15) is 22.2 Å². The predicted octanol–water partition coefficient (Wildman–Crippen LogP) is 4.20. The van der Waals surface area contributed by atoms with Gasteiger partial charge in [0.25, 0.3) is 5.56 Å². The van der Waals surface area contributed by atoms with E-state index in [-0.39, 0.29) is 5.56 Å². The van der Waals surface area contributed by atoms with Crippen LogP contribution >= 0.6 is 34.3 Å². The minimum atomic E-state index is -0.0433. The number of rotatable bonds is 5. The van der Waals surface area contributed by atoms with Gasteiger partial charge in [-0.25, -0.2) is 9.97 Å². The van der Waals surface area contributed by atoms with Crippen LogP contribution in [0.15, 0.2) is 52.2 Å². The van der Waals surface area contributed by atoms with Gasteiger partial charge in [0, 0.05) is 10.4 Å². The molecule has 0 atom stereocenters. The van der Waals surface area contributed by atoms with Crippen LogP contribution in [-0.4, -0.2) is 14.5 Å². The second kappa shape index (κ2) is 6.95. The van der Waals surface area contributed by atoms with Gasteiger partial charge in [-0.1, -0.05) is 11.6 Å². The topological polar surface area (TPSA) is 57.0 Å². The second-order valence-electron chi connectivity index (χ2n) is 5.29. The Labute approximate surface area is 156 Å². The Morgan fingerprint density at radius 1 is 1.16 bits per heavy atom. The van der Waals surface area contributed by atoms with Crippen LogP contribution in [-0.2, 0) is 13.2 Å². The molecule has 0 bridgehead atoms. The van der Waals surface area contributed by atoms with Crippen LogP contribution in [0.2, 0.25) is 5.02 Å². The quantitative estimate of drug-likeness (QED) is 0.513. The van der Waals surface area contributed by atoms with Crippen molar-refractivity contribution in [3.63, 3.8) is 0 Å². The molecule has 1 aromatic carbocycles. The van der Waals surface area contributed by atoms with E-state index in [1.165, 1.54) is 22.7 Å². The number of fused-ring (bicyclic) bond motifs is 1. The second-order valence-corrected chi connectivity index (χ2v) is 7.57. The fourth-order valence-electron chi connectivity index (χ4n) is 2.34. The third-order valence-electron chi connectivity index (χ3n) is 3.56. The first-order valence-electron chi connectivity index (χ1n) is 7.43. The molecule has 3 heterocycles. The van der Waals surface area contributed by atoms with Crippen molar-refractivity contribution in [3.8, 4) is 5.75 Å². The van der Waals surface area contributed by atoms with E-state index in [1.807, 2.05) is 22.9 Å². The number of hydrogen-bond acceptors (Lipinski definition) is 6. The van der Waals surface area contributed by atoms with Gasteiger partial charge in [-0.2, -0.15) is 0 Å². The SMILES string of the molecule is O=c1c2ccsc2ncn1Cc1csc(COc2ccc(Cl)cc2)n1. The van der Waals surface area contributed by atoms with Gasteiger partial charge < -0.3 is 4.74 Å². The van der Waals surface area contributed by atoms with Crippen LogP contribution in [0.25, 0.3) is 10.2 Å². The van der Waals surface area contributed by atoms with E-state index in [4.69, 9.17) is 16.3 Å². The van der Waals surface area contributed by atoms with Gasteiger partial charge in [-0.3, -0.25) is 9.36 Å². The van der Waals surface area contributed by atoms with Crippen molar-refractivity contribution < 1.29 is 4.74 Å². The van der Waals surface area contributed by atoms with Crippen molar-refractivity contribution in [3.05, 3.63) is 73.5 Å². The van der Waals surface area contributed by atoms with E-state index in [2.05, 4.69) is 9.97 Å². The molecule has 0 radical (unpaired) electrons. The lowest BCUT2D eigenvalue weighted by atomic mass is 10.3. The van der Waals surface area contributed by atoms with Crippen LogP contribution in [0.4, 0.5) is 0 Å². The molecule has 0 amide bonds. The van der Waals surface area contributed by atoms with Crippen molar-refractivity contribution in [2.45, 2.75) is 13.2 Å². The molecule has 0 saturated heterocycles. The summed E-state index contributed by atoms with van der Waals surface area (Å²) >= 11 is 8.82. The minimum absolute atomic E-state index is 0.0433. The zero-order chi connectivity index (χ0) is 17.2. The zero-order valence-electron chi connectivity index (χ0n) is 12.9. The molecule has 0 spiro atoms. The normalized spacial score (nSPS) is 11.1. The Balaban J connectivity index is 1.46. The first-order chi connectivity index (χ1) is 12.2. The fraction of sp³-hybridized carbons (Fsp3) is 0.118. The zero-order valence-corrected chi connectivity index (χ0v) is 15.3. The highest BCUT2D eigenvalue weighted by atomic mass is 35.5. The monoisotopic (exact) mass is 389 g/mol. The molecule has 0 unspecified atom stereocenters. The molecule has 4 aromatic rings.